The molecule has 0 N–H and O–H groups in total. The van der Waals surface area contributed by atoms with Gasteiger partial charge >= 0.3 is 0 Å². The van der Waals surface area contributed by atoms with Crippen molar-refractivity contribution in [1.29, 1.82) is 0 Å². The molecule has 35 heavy (non-hydrogen) atoms. The zero-order valence-electron chi connectivity index (χ0n) is 21.2. The van der Waals surface area contributed by atoms with Gasteiger partial charge in [-0.25, -0.2) is 0 Å². The normalized spacial score (nSPS) is 24.3. The molecule has 1 aromatic carbocycles. The number of nitrogens with zero attached hydrogens (tertiary/aromatic N) is 3. The lowest BCUT2D eigenvalue weighted by Gasteiger charge is -2.36. The number of aromatic nitrogens is 2. The zero-order chi connectivity index (χ0) is 22.6. The van der Waals surface area contributed by atoms with E-state index in [0.29, 0.717) is 24.1 Å². The van der Waals surface area contributed by atoms with Gasteiger partial charge in [-0.2, -0.15) is 5.10 Å². The predicted octanol–water partition coefficient (Wildman–Crippen LogP) is 7.05. The van der Waals surface area contributed by atoms with E-state index >= 15 is 0 Å². The lowest BCUT2D eigenvalue weighted by molar-refractivity contribution is 0.0626. The number of ether oxygens (including phenoxy) is 2. The second-order valence-electron chi connectivity index (χ2n) is 10.3. The fraction of sp³-hybridized carbons (Fsp3) is 0.643. The summed E-state index contributed by atoms with van der Waals surface area (Å²) in [6, 6.07) is 12.0. The maximum atomic E-state index is 6.41. The highest BCUT2D eigenvalue weighted by Crippen LogP contribution is 2.36. The van der Waals surface area contributed by atoms with Crippen molar-refractivity contribution in [1.82, 2.24) is 15.1 Å². The first-order valence-electron chi connectivity index (χ1n) is 13.2. The van der Waals surface area contributed by atoms with Gasteiger partial charge in [0.2, 0.25) is 5.88 Å². The molecule has 2 bridgehead atoms. The number of piperidine rings is 1. The summed E-state index contributed by atoms with van der Waals surface area (Å²) in [5.41, 5.74) is 3.38. The maximum absolute atomic E-state index is 6.41. The van der Waals surface area contributed by atoms with Crippen molar-refractivity contribution in [2.45, 2.75) is 108 Å². The Balaban J connectivity index is 0.00000171. The molecule has 0 spiro atoms. The van der Waals surface area contributed by atoms with Gasteiger partial charge in [0, 0.05) is 23.7 Å². The van der Waals surface area contributed by atoms with Crippen LogP contribution in [-0.4, -0.2) is 46.4 Å². The van der Waals surface area contributed by atoms with Crippen molar-refractivity contribution in [3.8, 4) is 22.8 Å². The van der Waals surface area contributed by atoms with Crippen molar-refractivity contribution in [2.75, 3.05) is 7.05 Å². The molecule has 2 saturated heterocycles. The fourth-order valence-electron chi connectivity index (χ4n) is 5.95. The molecule has 5 nitrogen and oxygen atoms in total. The third kappa shape index (κ3) is 6.81. The molecule has 3 aliphatic rings. The lowest BCUT2D eigenvalue weighted by Crippen LogP contribution is -2.43. The highest BCUT2D eigenvalue weighted by atomic mass is 35.5. The van der Waals surface area contributed by atoms with Gasteiger partial charge in [-0.05, 0) is 89.0 Å². The molecule has 2 unspecified atom stereocenters. The van der Waals surface area contributed by atoms with Crippen LogP contribution in [0, 0.1) is 0 Å². The monoisotopic (exact) mass is 521 g/mol. The second kappa shape index (κ2) is 13.1. The van der Waals surface area contributed by atoms with E-state index in [2.05, 4.69) is 59.4 Å². The Hall–Kier alpha value is -1.56. The highest BCUT2D eigenvalue weighted by molar-refractivity contribution is 5.85. The summed E-state index contributed by atoms with van der Waals surface area (Å²) in [6.07, 6.45) is 14.9. The van der Waals surface area contributed by atoms with Crippen molar-refractivity contribution in [3.63, 3.8) is 0 Å². The summed E-state index contributed by atoms with van der Waals surface area (Å²) in [6.45, 7) is 2.22. The van der Waals surface area contributed by atoms with E-state index in [1.54, 1.807) is 0 Å². The van der Waals surface area contributed by atoms with Crippen LogP contribution in [0.3, 0.4) is 0 Å². The van der Waals surface area contributed by atoms with Crippen LogP contribution in [0.15, 0.2) is 30.3 Å². The van der Waals surface area contributed by atoms with E-state index in [1.165, 1.54) is 50.5 Å². The van der Waals surface area contributed by atoms with Gasteiger partial charge in [-0.15, -0.1) is 29.9 Å². The number of unbranched alkanes of at least 4 members (excludes halogenated alkanes) is 1. The van der Waals surface area contributed by atoms with Crippen LogP contribution in [0.2, 0.25) is 0 Å². The zero-order valence-corrected chi connectivity index (χ0v) is 22.8. The van der Waals surface area contributed by atoms with Crippen molar-refractivity contribution >= 4 is 24.8 Å². The molecule has 0 radical (unpaired) electrons. The summed E-state index contributed by atoms with van der Waals surface area (Å²) in [5, 5.41) is 9.11. The van der Waals surface area contributed by atoms with Gasteiger partial charge < -0.3 is 14.4 Å². The van der Waals surface area contributed by atoms with E-state index in [1.807, 2.05) is 0 Å². The molecule has 1 aromatic heterocycles. The minimum Gasteiger partial charge on any atom is -0.490 e. The van der Waals surface area contributed by atoms with E-state index in [0.717, 1.165) is 49.1 Å². The summed E-state index contributed by atoms with van der Waals surface area (Å²) < 4.78 is 12.6. The number of hydrogen-bond acceptors (Lipinski definition) is 5. The minimum atomic E-state index is 0. The molecule has 194 valence electrons. The van der Waals surface area contributed by atoms with E-state index < -0.39 is 0 Å². The van der Waals surface area contributed by atoms with Crippen molar-refractivity contribution < 1.29 is 9.47 Å². The highest BCUT2D eigenvalue weighted by Gasteiger charge is 2.39. The Morgan fingerprint density at radius 3 is 2.20 bits per heavy atom. The summed E-state index contributed by atoms with van der Waals surface area (Å²) in [5.74, 6) is 1.64. The van der Waals surface area contributed by atoms with Gasteiger partial charge in [-0.3, -0.25) is 0 Å². The number of benzene rings is 1. The number of fused-ring (bicyclic) bond motifs is 2. The molecule has 2 aliphatic heterocycles. The molecule has 1 aliphatic carbocycles. The van der Waals surface area contributed by atoms with Gasteiger partial charge in [0.25, 0.3) is 0 Å². The lowest BCUT2D eigenvalue weighted by atomic mass is 9.97. The average Bonchev–Trinajstić information content (AvgIpc) is 3.04. The molecule has 1 saturated carbocycles. The van der Waals surface area contributed by atoms with Gasteiger partial charge in [0.1, 0.15) is 11.9 Å². The first kappa shape index (κ1) is 28.0. The van der Waals surface area contributed by atoms with Gasteiger partial charge in [0.15, 0.2) is 0 Å². The van der Waals surface area contributed by atoms with E-state index in [-0.39, 0.29) is 30.9 Å². The molecule has 2 aromatic rings. The molecule has 2 atom stereocenters. The molecular formula is C28H41Cl2N3O2. The Kier molecular flexibility index (Phi) is 10.5. The number of rotatable bonds is 8. The minimum absolute atomic E-state index is 0. The van der Waals surface area contributed by atoms with Crippen LogP contribution in [0.1, 0.15) is 83.2 Å². The Bertz CT molecular complexity index is 907. The summed E-state index contributed by atoms with van der Waals surface area (Å²) in [7, 11) is 2.26. The molecule has 5 rings (SSSR count). The third-order valence-electron chi connectivity index (χ3n) is 7.98. The Morgan fingerprint density at radius 2 is 1.54 bits per heavy atom. The third-order valence-corrected chi connectivity index (χ3v) is 7.98. The van der Waals surface area contributed by atoms with E-state index in [9.17, 15) is 0 Å². The standard InChI is InChI=1S/C28H39N3O2.2ClH/c1-3-4-10-27-26(20-11-15-24(16-12-20)32-23-8-6-5-7-9-23)19-28(30-29-27)33-25-17-21-13-14-22(18-25)31(21)2;;/h11-12,15-16,19,21-23,25H,3-10,13-14,17-18H2,1-2H3;2*1H. The number of hydrogen-bond donors (Lipinski definition) is 0. The molecular weight excluding hydrogens is 481 g/mol. The van der Waals surface area contributed by atoms with Gasteiger partial charge in [0.05, 0.1) is 11.8 Å². The molecule has 7 heteroatoms. The summed E-state index contributed by atoms with van der Waals surface area (Å²) in [4.78, 5) is 2.54. The van der Waals surface area contributed by atoms with Crippen LogP contribution in [0.5, 0.6) is 11.6 Å². The van der Waals surface area contributed by atoms with Gasteiger partial charge in [-0.1, -0.05) is 31.9 Å². The predicted molar refractivity (Wildman–Crippen MR) is 146 cm³/mol. The first-order chi connectivity index (χ1) is 16.2. The Morgan fingerprint density at radius 1 is 0.857 bits per heavy atom. The van der Waals surface area contributed by atoms with Crippen molar-refractivity contribution in [2.24, 2.45) is 0 Å². The number of halogens is 2. The molecule has 0 amide bonds. The maximum Gasteiger partial charge on any atom is 0.234 e. The number of aryl methyl sites for hydroxylation is 1. The van der Waals surface area contributed by atoms with Crippen LogP contribution in [0.25, 0.3) is 11.1 Å². The SMILES string of the molecule is CCCCc1nnc(OC2CC3CCC(C2)N3C)cc1-c1ccc(OC2CCCCC2)cc1.Cl.Cl. The smallest absolute Gasteiger partial charge is 0.234 e. The van der Waals surface area contributed by atoms with Crippen LogP contribution in [-0.2, 0) is 6.42 Å². The molecule has 3 heterocycles. The van der Waals surface area contributed by atoms with E-state index in [4.69, 9.17) is 9.47 Å². The summed E-state index contributed by atoms with van der Waals surface area (Å²) >= 11 is 0. The van der Waals surface area contributed by atoms with Crippen LogP contribution < -0.4 is 9.47 Å². The fourth-order valence-corrected chi connectivity index (χ4v) is 5.95. The molecule has 3 fully saturated rings. The quantitative estimate of drug-likeness (QED) is 0.372. The first-order valence-corrected chi connectivity index (χ1v) is 13.2. The second-order valence-corrected chi connectivity index (χ2v) is 10.3. The topological polar surface area (TPSA) is 47.5 Å². The largest absolute Gasteiger partial charge is 0.490 e. The Labute approximate surface area is 223 Å². The van der Waals surface area contributed by atoms with Crippen LogP contribution in [0.4, 0.5) is 0 Å². The average molecular weight is 523 g/mol. The van der Waals surface area contributed by atoms with Crippen molar-refractivity contribution in [3.05, 3.63) is 36.0 Å². The van der Waals surface area contributed by atoms with Crippen LogP contribution >= 0.6 is 24.8 Å².